The van der Waals surface area contributed by atoms with E-state index in [2.05, 4.69) is 50.9 Å². The average Bonchev–Trinajstić information content (AvgIpc) is 2.36. The summed E-state index contributed by atoms with van der Waals surface area (Å²) in [5, 5.41) is 0. The zero-order valence-corrected chi connectivity index (χ0v) is 12.9. The predicted octanol–water partition coefficient (Wildman–Crippen LogP) is 4.60. The quantitative estimate of drug-likeness (QED) is 0.868. The van der Waals surface area contributed by atoms with Gasteiger partial charge in [0.2, 0.25) is 0 Å². The zero-order chi connectivity index (χ0) is 14.9. The molecule has 0 saturated carbocycles. The molecule has 2 nitrogen and oxygen atoms in total. The van der Waals surface area contributed by atoms with E-state index in [1.807, 2.05) is 6.92 Å². The maximum absolute atomic E-state index is 11.7. The van der Waals surface area contributed by atoms with Crippen LogP contribution in [0, 0.1) is 6.92 Å². The highest BCUT2D eigenvalue weighted by Gasteiger charge is 2.12. The Morgan fingerprint density at radius 1 is 0.950 bits per heavy atom. The lowest BCUT2D eigenvalue weighted by Crippen LogP contribution is -2.04. The number of rotatable bonds is 3. The lowest BCUT2D eigenvalue weighted by Gasteiger charge is -2.16. The number of nitrogens with one attached hydrogen (secondary N) is 1. The summed E-state index contributed by atoms with van der Waals surface area (Å²) in [6.45, 7) is 10.7. The van der Waals surface area contributed by atoms with Gasteiger partial charge in [-0.05, 0) is 29.9 Å². The molecule has 0 radical (unpaired) electrons. The molecule has 0 aliphatic rings. The van der Waals surface area contributed by atoms with E-state index in [4.69, 9.17) is 0 Å². The molecule has 0 saturated heterocycles. The Morgan fingerprint density at radius 2 is 1.65 bits per heavy atom. The molecule has 1 heterocycles. The highest BCUT2D eigenvalue weighted by molar-refractivity contribution is 5.65. The fraction of sp³-hybridized carbons (Fsp3) is 0.389. The van der Waals surface area contributed by atoms with E-state index in [1.54, 1.807) is 12.1 Å². The molecule has 0 bridgehead atoms. The van der Waals surface area contributed by atoms with Crippen molar-refractivity contribution in [3.05, 3.63) is 57.4 Å². The van der Waals surface area contributed by atoms with Crippen LogP contribution in [-0.2, 0) is 0 Å². The van der Waals surface area contributed by atoms with Crippen molar-refractivity contribution in [2.45, 2.75) is 46.5 Å². The van der Waals surface area contributed by atoms with Gasteiger partial charge in [0, 0.05) is 29.1 Å². The molecule has 2 rings (SSSR count). The smallest absolute Gasteiger partial charge is 0.182 e. The Labute approximate surface area is 120 Å². The Kier molecular flexibility index (Phi) is 4.12. The van der Waals surface area contributed by atoms with Crippen molar-refractivity contribution in [3.8, 4) is 11.3 Å². The van der Waals surface area contributed by atoms with Gasteiger partial charge in [-0.15, -0.1) is 0 Å². The van der Waals surface area contributed by atoms with Gasteiger partial charge in [0.15, 0.2) is 5.43 Å². The maximum Gasteiger partial charge on any atom is 0.182 e. The first kappa shape index (κ1) is 14.6. The van der Waals surface area contributed by atoms with Crippen LogP contribution in [0.4, 0.5) is 0 Å². The number of pyridine rings is 1. The monoisotopic (exact) mass is 269 g/mol. The number of aryl methyl sites for hydroxylation is 1. The second-order valence-electron chi connectivity index (χ2n) is 6.07. The van der Waals surface area contributed by atoms with Gasteiger partial charge in [0.1, 0.15) is 0 Å². The van der Waals surface area contributed by atoms with E-state index >= 15 is 0 Å². The summed E-state index contributed by atoms with van der Waals surface area (Å²) < 4.78 is 0. The zero-order valence-electron chi connectivity index (χ0n) is 12.9. The molecular formula is C18H23NO. The van der Waals surface area contributed by atoms with Crippen molar-refractivity contribution in [1.82, 2.24) is 4.98 Å². The number of H-pyrrole nitrogens is 1. The lowest BCUT2D eigenvalue weighted by atomic mass is 9.90. The van der Waals surface area contributed by atoms with Crippen LogP contribution in [-0.4, -0.2) is 4.98 Å². The third kappa shape index (κ3) is 3.01. The Balaban J connectivity index is 2.64. The molecule has 0 amide bonds. The Hall–Kier alpha value is -1.83. The molecule has 1 N–H and O–H groups in total. The molecule has 20 heavy (non-hydrogen) atoms. The van der Waals surface area contributed by atoms with Crippen molar-refractivity contribution < 1.29 is 0 Å². The highest BCUT2D eigenvalue weighted by Crippen LogP contribution is 2.30. The SMILES string of the molecule is Cc1cc(=O)cc(-c2ccc(C(C)C)cc2C(C)C)[nH]1. The van der Waals surface area contributed by atoms with Gasteiger partial charge < -0.3 is 4.98 Å². The van der Waals surface area contributed by atoms with E-state index in [0.29, 0.717) is 11.8 Å². The van der Waals surface area contributed by atoms with Crippen LogP contribution in [0.25, 0.3) is 11.3 Å². The molecule has 0 aliphatic carbocycles. The van der Waals surface area contributed by atoms with Crippen molar-refractivity contribution in [3.63, 3.8) is 0 Å². The van der Waals surface area contributed by atoms with Gasteiger partial charge in [-0.2, -0.15) is 0 Å². The molecule has 2 aromatic rings. The summed E-state index contributed by atoms with van der Waals surface area (Å²) in [7, 11) is 0. The van der Waals surface area contributed by atoms with E-state index in [0.717, 1.165) is 17.0 Å². The number of benzene rings is 1. The van der Waals surface area contributed by atoms with Crippen molar-refractivity contribution >= 4 is 0 Å². The fourth-order valence-corrected chi connectivity index (χ4v) is 2.49. The van der Waals surface area contributed by atoms with Gasteiger partial charge in [-0.3, -0.25) is 4.79 Å². The minimum absolute atomic E-state index is 0.0545. The van der Waals surface area contributed by atoms with E-state index in [-0.39, 0.29) is 5.43 Å². The van der Waals surface area contributed by atoms with Gasteiger partial charge in [0.05, 0.1) is 0 Å². The number of hydrogen-bond donors (Lipinski definition) is 1. The summed E-state index contributed by atoms with van der Waals surface area (Å²) >= 11 is 0. The molecule has 0 atom stereocenters. The van der Waals surface area contributed by atoms with Gasteiger partial charge >= 0.3 is 0 Å². The number of hydrogen-bond acceptors (Lipinski definition) is 1. The number of aromatic nitrogens is 1. The summed E-state index contributed by atoms with van der Waals surface area (Å²) in [4.78, 5) is 15.0. The van der Waals surface area contributed by atoms with Crippen molar-refractivity contribution in [2.75, 3.05) is 0 Å². The predicted molar refractivity (Wildman–Crippen MR) is 85.4 cm³/mol. The molecule has 0 fully saturated rings. The molecular weight excluding hydrogens is 246 g/mol. The third-order valence-corrected chi connectivity index (χ3v) is 3.63. The summed E-state index contributed by atoms with van der Waals surface area (Å²) in [5.41, 5.74) is 5.62. The van der Waals surface area contributed by atoms with Gasteiger partial charge in [0.25, 0.3) is 0 Å². The van der Waals surface area contributed by atoms with Crippen LogP contribution in [0.2, 0.25) is 0 Å². The molecule has 2 heteroatoms. The first-order valence-electron chi connectivity index (χ1n) is 7.23. The van der Waals surface area contributed by atoms with Crippen LogP contribution in [0.3, 0.4) is 0 Å². The molecule has 1 aromatic heterocycles. The molecule has 0 aliphatic heterocycles. The van der Waals surface area contributed by atoms with Crippen LogP contribution >= 0.6 is 0 Å². The maximum atomic E-state index is 11.7. The molecule has 0 unspecified atom stereocenters. The minimum Gasteiger partial charge on any atom is -0.358 e. The third-order valence-electron chi connectivity index (χ3n) is 3.63. The topological polar surface area (TPSA) is 32.9 Å². The minimum atomic E-state index is 0.0545. The van der Waals surface area contributed by atoms with E-state index in [9.17, 15) is 4.79 Å². The first-order valence-corrected chi connectivity index (χ1v) is 7.23. The first-order chi connectivity index (χ1) is 9.38. The van der Waals surface area contributed by atoms with E-state index in [1.165, 1.54) is 11.1 Å². The van der Waals surface area contributed by atoms with Gasteiger partial charge in [-0.1, -0.05) is 45.9 Å². The van der Waals surface area contributed by atoms with Gasteiger partial charge in [-0.25, -0.2) is 0 Å². The molecule has 0 spiro atoms. The van der Waals surface area contributed by atoms with Crippen molar-refractivity contribution in [2.24, 2.45) is 0 Å². The average molecular weight is 269 g/mol. The van der Waals surface area contributed by atoms with Crippen LogP contribution in [0.15, 0.2) is 35.1 Å². The van der Waals surface area contributed by atoms with Crippen molar-refractivity contribution in [1.29, 1.82) is 0 Å². The highest BCUT2D eigenvalue weighted by atomic mass is 16.1. The van der Waals surface area contributed by atoms with Crippen LogP contribution in [0.5, 0.6) is 0 Å². The summed E-state index contributed by atoms with van der Waals surface area (Å²) in [6.07, 6.45) is 0. The largest absolute Gasteiger partial charge is 0.358 e. The summed E-state index contributed by atoms with van der Waals surface area (Å²) in [5.74, 6) is 0.936. The normalized spacial score (nSPS) is 11.3. The van der Waals surface area contributed by atoms with Crippen LogP contribution < -0.4 is 5.43 Å². The second kappa shape index (κ2) is 5.66. The molecule has 106 valence electrons. The summed E-state index contributed by atoms with van der Waals surface area (Å²) in [6, 6.07) is 9.87. The lowest BCUT2D eigenvalue weighted by molar-refractivity contribution is 0.834. The Morgan fingerprint density at radius 3 is 2.20 bits per heavy atom. The number of aromatic amines is 1. The molecule has 1 aromatic carbocycles. The van der Waals surface area contributed by atoms with E-state index < -0.39 is 0 Å². The van der Waals surface area contributed by atoms with Crippen LogP contribution in [0.1, 0.15) is 56.4 Å². The second-order valence-corrected chi connectivity index (χ2v) is 6.07. The Bertz CT molecular complexity index is 665. The fourth-order valence-electron chi connectivity index (χ4n) is 2.49. The standard InChI is InChI=1S/C18H23NO/c1-11(2)14-6-7-16(17(9-14)12(3)4)18-10-15(20)8-13(5)19-18/h6-12H,1-5H3,(H,19,20).